The van der Waals surface area contributed by atoms with Crippen molar-refractivity contribution < 1.29 is 18.3 Å². The van der Waals surface area contributed by atoms with E-state index >= 15 is 4.39 Å². The Morgan fingerprint density at radius 2 is 1.79 bits per heavy atom. The molecule has 3 aliphatic rings. The summed E-state index contributed by atoms with van der Waals surface area (Å²) in [6, 6.07) is 8.33. The van der Waals surface area contributed by atoms with Crippen LogP contribution in [0.2, 0.25) is 5.02 Å². The van der Waals surface area contributed by atoms with Gasteiger partial charge >= 0.3 is 0 Å². The van der Waals surface area contributed by atoms with Gasteiger partial charge in [-0.1, -0.05) is 30.7 Å². The Labute approximate surface area is 257 Å². The molecule has 7 nitrogen and oxygen atoms in total. The van der Waals surface area contributed by atoms with E-state index < -0.39 is 11.6 Å². The van der Waals surface area contributed by atoms with Crippen LogP contribution in [-0.4, -0.2) is 75.9 Å². The van der Waals surface area contributed by atoms with E-state index in [1.807, 2.05) is 23.6 Å². The third-order valence-corrected chi connectivity index (χ3v) is 10.4. The summed E-state index contributed by atoms with van der Waals surface area (Å²) in [5.41, 5.74) is 3.85. The van der Waals surface area contributed by atoms with E-state index in [0.29, 0.717) is 51.0 Å². The Morgan fingerprint density at radius 1 is 1.05 bits per heavy atom. The molecule has 0 bridgehead atoms. The van der Waals surface area contributed by atoms with Crippen LogP contribution in [0.5, 0.6) is 0 Å². The number of piperidine rings is 1. The summed E-state index contributed by atoms with van der Waals surface area (Å²) in [4.78, 5) is 22.9. The second kappa shape index (κ2) is 12.6. The molecule has 3 atom stereocenters. The number of likely N-dealkylation sites (tertiary alicyclic amines) is 2. The Balaban J connectivity index is 1.21. The number of nitrogens with zero attached hydrogens (tertiary/aromatic N) is 5. The van der Waals surface area contributed by atoms with Crippen LogP contribution in [0.15, 0.2) is 36.7 Å². The SMILES string of the molecule is Cc1cc([C@H](C)c2ncnn2C)c(C2CCN(C(=O)[C@@H]3CN(C4CCOCC4)C[C@H]3c3ccc(F)cc3F)CC2)cc1Cl. The summed E-state index contributed by atoms with van der Waals surface area (Å²) in [5.74, 6) is -0.616. The van der Waals surface area contributed by atoms with Crippen LogP contribution in [0.3, 0.4) is 0 Å². The molecule has 3 aromatic rings. The molecule has 0 aliphatic carbocycles. The molecule has 3 saturated heterocycles. The number of amides is 1. The lowest BCUT2D eigenvalue weighted by Crippen LogP contribution is -2.44. The lowest BCUT2D eigenvalue weighted by molar-refractivity contribution is -0.136. The van der Waals surface area contributed by atoms with Gasteiger partial charge in [-0.3, -0.25) is 14.4 Å². The zero-order valence-corrected chi connectivity index (χ0v) is 25.9. The lowest BCUT2D eigenvalue weighted by Gasteiger charge is -2.36. The molecule has 4 heterocycles. The number of hydrogen-bond acceptors (Lipinski definition) is 5. The predicted molar refractivity (Wildman–Crippen MR) is 161 cm³/mol. The first kappa shape index (κ1) is 30.2. The first-order valence-electron chi connectivity index (χ1n) is 15.4. The molecular formula is C33H40ClF2N5O2. The zero-order chi connectivity index (χ0) is 30.2. The molecule has 1 aromatic heterocycles. The van der Waals surface area contributed by atoms with E-state index in [2.05, 4.69) is 34.0 Å². The van der Waals surface area contributed by atoms with Crippen molar-refractivity contribution in [2.24, 2.45) is 13.0 Å². The molecule has 10 heteroatoms. The molecular weight excluding hydrogens is 572 g/mol. The van der Waals surface area contributed by atoms with E-state index in [-0.39, 0.29) is 29.6 Å². The van der Waals surface area contributed by atoms with Crippen molar-refractivity contribution in [2.75, 3.05) is 39.4 Å². The maximum absolute atomic E-state index is 15.1. The van der Waals surface area contributed by atoms with Crippen molar-refractivity contribution >= 4 is 17.5 Å². The van der Waals surface area contributed by atoms with Crippen molar-refractivity contribution in [2.45, 2.75) is 63.3 Å². The van der Waals surface area contributed by atoms with Crippen LogP contribution in [0.25, 0.3) is 0 Å². The van der Waals surface area contributed by atoms with Gasteiger partial charge < -0.3 is 9.64 Å². The van der Waals surface area contributed by atoms with Crippen LogP contribution >= 0.6 is 11.6 Å². The van der Waals surface area contributed by atoms with Crippen molar-refractivity contribution in [1.82, 2.24) is 24.6 Å². The first-order valence-corrected chi connectivity index (χ1v) is 15.8. The van der Waals surface area contributed by atoms with Crippen molar-refractivity contribution in [3.05, 3.63) is 81.4 Å². The van der Waals surface area contributed by atoms with E-state index in [1.165, 1.54) is 23.3 Å². The largest absolute Gasteiger partial charge is 0.381 e. The highest BCUT2D eigenvalue weighted by atomic mass is 35.5. The molecule has 2 aromatic carbocycles. The third-order valence-electron chi connectivity index (χ3n) is 9.95. The normalized spacial score (nSPS) is 23.2. The monoisotopic (exact) mass is 611 g/mol. The Morgan fingerprint density at radius 3 is 2.47 bits per heavy atom. The number of ether oxygens (including phenoxy) is 1. The number of aromatic nitrogens is 3. The molecule has 0 radical (unpaired) electrons. The third kappa shape index (κ3) is 6.08. The van der Waals surface area contributed by atoms with Crippen LogP contribution in [0.4, 0.5) is 8.78 Å². The van der Waals surface area contributed by atoms with E-state index in [0.717, 1.165) is 48.2 Å². The van der Waals surface area contributed by atoms with E-state index in [9.17, 15) is 9.18 Å². The number of aryl methyl sites for hydroxylation is 2. The number of hydrogen-bond donors (Lipinski definition) is 0. The number of halogens is 3. The minimum absolute atomic E-state index is 0.0409. The number of rotatable bonds is 6. The van der Waals surface area contributed by atoms with Gasteiger partial charge in [-0.2, -0.15) is 5.10 Å². The van der Waals surface area contributed by atoms with Gasteiger partial charge in [-0.25, -0.2) is 13.8 Å². The highest BCUT2D eigenvalue weighted by molar-refractivity contribution is 6.31. The fourth-order valence-corrected chi connectivity index (χ4v) is 7.65. The zero-order valence-electron chi connectivity index (χ0n) is 25.1. The van der Waals surface area contributed by atoms with Crippen LogP contribution in [0, 0.1) is 24.5 Å². The molecule has 0 spiro atoms. The maximum atomic E-state index is 15.1. The lowest BCUT2D eigenvalue weighted by atomic mass is 9.81. The van der Waals surface area contributed by atoms with Crippen LogP contribution in [0.1, 0.15) is 78.4 Å². The van der Waals surface area contributed by atoms with Gasteiger partial charge in [0.2, 0.25) is 5.91 Å². The summed E-state index contributed by atoms with van der Waals surface area (Å²) in [5, 5.41) is 5.01. The van der Waals surface area contributed by atoms with E-state index in [1.54, 1.807) is 6.33 Å². The standard InChI is InChI=1S/C33H40ClF2N5O2/c1-20-14-26(21(2)32-37-19-38-39(32)3)27(16-30(20)34)22-6-10-40(11-7-22)33(42)29-18-41(24-8-12-43-13-9-24)17-28(29)25-5-4-23(35)15-31(25)36/h4-5,14-16,19,21-22,24,28-29H,6-13,17-18H2,1-3H3/t21-,28-,29+/m0/s1. The molecule has 230 valence electrons. The minimum Gasteiger partial charge on any atom is -0.381 e. The fraction of sp³-hybridized carbons (Fsp3) is 0.545. The fourth-order valence-electron chi connectivity index (χ4n) is 7.48. The average molecular weight is 612 g/mol. The molecule has 1 amide bonds. The summed E-state index contributed by atoms with van der Waals surface area (Å²) >= 11 is 6.64. The number of carbonyl (C=O) groups excluding carboxylic acids is 1. The highest BCUT2D eigenvalue weighted by Crippen LogP contribution is 2.41. The molecule has 3 aliphatic heterocycles. The number of carbonyl (C=O) groups is 1. The van der Waals surface area contributed by atoms with Gasteiger partial charge in [0.05, 0.1) is 5.92 Å². The number of benzene rings is 2. The summed E-state index contributed by atoms with van der Waals surface area (Å²) in [6.45, 7) is 7.98. The smallest absolute Gasteiger partial charge is 0.227 e. The second-order valence-electron chi connectivity index (χ2n) is 12.5. The van der Waals surface area contributed by atoms with E-state index in [4.69, 9.17) is 16.3 Å². The van der Waals surface area contributed by atoms with Gasteiger partial charge in [0.1, 0.15) is 23.8 Å². The second-order valence-corrected chi connectivity index (χ2v) is 12.9. The quantitative estimate of drug-likeness (QED) is 0.352. The molecule has 3 fully saturated rings. The Kier molecular flexibility index (Phi) is 8.85. The van der Waals surface area contributed by atoms with Crippen LogP contribution < -0.4 is 0 Å². The molecule has 0 saturated carbocycles. The highest BCUT2D eigenvalue weighted by Gasteiger charge is 2.44. The molecule has 0 unspecified atom stereocenters. The Hall–Kier alpha value is -2.88. The van der Waals surface area contributed by atoms with Gasteiger partial charge in [0.25, 0.3) is 0 Å². The minimum atomic E-state index is -0.602. The average Bonchev–Trinajstić information content (AvgIpc) is 3.65. The summed E-state index contributed by atoms with van der Waals surface area (Å²) in [6.07, 6.45) is 5.01. The maximum Gasteiger partial charge on any atom is 0.227 e. The van der Waals surface area contributed by atoms with Crippen molar-refractivity contribution in [3.63, 3.8) is 0 Å². The first-order chi connectivity index (χ1) is 20.7. The summed E-state index contributed by atoms with van der Waals surface area (Å²) in [7, 11) is 1.91. The predicted octanol–water partition coefficient (Wildman–Crippen LogP) is 5.81. The molecule has 6 rings (SSSR count). The molecule has 43 heavy (non-hydrogen) atoms. The van der Waals surface area contributed by atoms with Gasteiger partial charge in [0, 0.05) is 75.4 Å². The molecule has 0 N–H and O–H groups in total. The van der Waals surface area contributed by atoms with Gasteiger partial charge in [-0.05, 0) is 72.9 Å². The van der Waals surface area contributed by atoms with Gasteiger partial charge in [0.15, 0.2) is 0 Å². The topological polar surface area (TPSA) is 63.5 Å². The van der Waals surface area contributed by atoms with Crippen molar-refractivity contribution in [3.8, 4) is 0 Å². The van der Waals surface area contributed by atoms with Gasteiger partial charge in [-0.15, -0.1) is 0 Å². The van der Waals surface area contributed by atoms with Crippen molar-refractivity contribution in [1.29, 1.82) is 0 Å². The summed E-state index contributed by atoms with van der Waals surface area (Å²) < 4.78 is 36.2. The Bertz CT molecular complexity index is 1470. The van der Waals surface area contributed by atoms with Crippen LogP contribution in [-0.2, 0) is 16.6 Å².